The van der Waals surface area contributed by atoms with Gasteiger partial charge in [0.25, 0.3) is 0 Å². The van der Waals surface area contributed by atoms with Gasteiger partial charge in [-0.05, 0) is 266 Å². The first-order valence-corrected chi connectivity index (χ1v) is 46.2. The molecule has 0 fully saturated rings. The Morgan fingerprint density at radius 3 is 0.529 bits per heavy atom. The van der Waals surface area contributed by atoms with Crippen molar-refractivity contribution in [3.05, 3.63) is 0 Å². The molecule has 0 heterocycles. The Balaban J connectivity index is 7.39. The van der Waals surface area contributed by atoms with E-state index in [0.29, 0.717) is 102 Å². The summed E-state index contributed by atoms with van der Waals surface area (Å²) in [5, 5.41) is 36.6. The van der Waals surface area contributed by atoms with Crippen LogP contribution in [0.3, 0.4) is 0 Å². The molecule has 29 N–H and O–H groups in total. The predicted octanol–water partition coefficient (Wildman–Crippen LogP) is 0.658. The Bertz CT molecular complexity index is 3010. The van der Waals surface area contributed by atoms with E-state index in [1.165, 1.54) is 23.5 Å². The zero-order valence-corrected chi connectivity index (χ0v) is 75.9. The second-order valence-corrected chi connectivity index (χ2v) is 35.8. The zero-order valence-electron chi connectivity index (χ0n) is 74.2. The van der Waals surface area contributed by atoms with Gasteiger partial charge in [-0.3, -0.25) is 67.1 Å². The van der Waals surface area contributed by atoms with Gasteiger partial charge in [0.1, 0.15) is 78.5 Å². The molecule has 0 aromatic rings. The van der Waals surface area contributed by atoms with Gasteiger partial charge in [0.05, 0.1) is 6.04 Å². The monoisotopic (exact) mass is 1730 g/mol. The molecule has 14 amide bonds. The lowest BCUT2D eigenvalue weighted by molar-refractivity contribution is -0.137. The number of hydrogen-bond donors (Lipinski definition) is 21. The van der Waals surface area contributed by atoms with E-state index in [-0.39, 0.29) is 152 Å². The average Bonchev–Trinajstić information content (AvgIpc) is 0.855. The van der Waals surface area contributed by atoms with E-state index in [4.69, 9.17) is 45.9 Å². The van der Waals surface area contributed by atoms with Crippen LogP contribution < -0.4 is 115 Å². The zero-order chi connectivity index (χ0) is 90.3. The van der Waals surface area contributed by atoms with Crippen molar-refractivity contribution in [1.29, 1.82) is 0 Å². The van der Waals surface area contributed by atoms with Gasteiger partial charge < -0.3 is 115 Å². The third-order valence-electron chi connectivity index (χ3n) is 19.8. The van der Waals surface area contributed by atoms with E-state index in [2.05, 4.69) is 69.1 Å². The Hall–Kier alpha value is -7.00. The van der Waals surface area contributed by atoms with Gasteiger partial charge in [0.2, 0.25) is 82.7 Å². The maximum absolute atomic E-state index is 14.9. The maximum Gasteiger partial charge on any atom is 0.243 e. The average molecular weight is 1730 g/mol. The second kappa shape index (κ2) is 64.8. The molecule has 0 saturated carbocycles. The lowest BCUT2D eigenvalue weighted by Crippen LogP contribution is -2.61. The normalized spacial score (nSPS) is 15.1. The molecule has 0 aliphatic rings. The van der Waals surface area contributed by atoms with Crippen LogP contribution in [0.25, 0.3) is 0 Å². The van der Waals surface area contributed by atoms with Crippen molar-refractivity contribution in [2.24, 2.45) is 81.4 Å². The summed E-state index contributed by atoms with van der Waals surface area (Å²) in [5.41, 5.74) is 47.1. The Kier molecular flexibility index (Phi) is 61.0. The van der Waals surface area contributed by atoms with Gasteiger partial charge in [0, 0.05) is 0 Å². The van der Waals surface area contributed by atoms with E-state index >= 15 is 0 Å². The largest absolute Gasteiger partial charge is 0.368 e. The van der Waals surface area contributed by atoms with Crippen molar-refractivity contribution in [3.8, 4) is 0 Å². The smallest absolute Gasteiger partial charge is 0.243 e. The van der Waals surface area contributed by atoms with Crippen LogP contribution in [0, 0.1) is 35.5 Å². The van der Waals surface area contributed by atoms with Gasteiger partial charge in [-0.15, -0.1) is 0 Å². The van der Waals surface area contributed by atoms with Crippen LogP contribution in [0.1, 0.15) is 250 Å². The van der Waals surface area contributed by atoms with Gasteiger partial charge in [-0.25, -0.2) is 0 Å². The fourth-order valence-electron chi connectivity index (χ4n) is 13.2. The first-order chi connectivity index (χ1) is 56.3. The van der Waals surface area contributed by atoms with Crippen molar-refractivity contribution in [1.82, 2.24) is 69.1 Å². The molecule has 0 spiro atoms. The van der Waals surface area contributed by atoms with Crippen LogP contribution in [-0.4, -0.2) is 231 Å². The van der Waals surface area contributed by atoms with Gasteiger partial charge in [-0.2, -0.15) is 23.5 Å². The van der Waals surface area contributed by atoms with Crippen LogP contribution in [0.15, 0.2) is 0 Å². The van der Waals surface area contributed by atoms with Crippen molar-refractivity contribution >= 4 is 106 Å². The highest BCUT2D eigenvalue weighted by Crippen LogP contribution is 2.19. The molecule has 37 heteroatoms. The van der Waals surface area contributed by atoms with Crippen LogP contribution >= 0.6 is 23.5 Å². The first-order valence-electron chi connectivity index (χ1n) is 43.5. The molecule has 0 rings (SSSR count). The number of thioether (sulfide) groups is 2. The van der Waals surface area contributed by atoms with Crippen LogP contribution in [0.2, 0.25) is 0 Å². The van der Waals surface area contributed by atoms with Crippen molar-refractivity contribution in [2.45, 2.75) is 335 Å². The molecule has 0 saturated heterocycles. The van der Waals surface area contributed by atoms with Gasteiger partial charge in [-0.1, -0.05) is 83.1 Å². The van der Waals surface area contributed by atoms with Gasteiger partial charge in [0.15, 0.2) is 0 Å². The molecule has 14 atom stereocenters. The number of carbonyl (C=O) groups excluding carboxylic acids is 14. The van der Waals surface area contributed by atoms with E-state index in [1.54, 1.807) is 0 Å². The van der Waals surface area contributed by atoms with E-state index in [9.17, 15) is 67.1 Å². The number of nitrogens with two attached hydrogens (primary N) is 8. The van der Waals surface area contributed by atoms with Crippen LogP contribution in [0.5, 0.6) is 0 Å². The minimum absolute atomic E-state index is 0.0342. The summed E-state index contributed by atoms with van der Waals surface area (Å²) in [5.74, 6) is -9.68. The fourth-order valence-corrected chi connectivity index (χ4v) is 14.2. The number of rotatable bonds is 69. The molecule has 0 aliphatic heterocycles. The highest BCUT2D eigenvalue weighted by Gasteiger charge is 2.39. The molecule has 0 aromatic carbocycles. The molecular formula is C82H159N21O14S2. The molecule has 0 aromatic heterocycles. The van der Waals surface area contributed by atoms with Crippen LogP contribution in [0.4, 0.5) is 0 Å². The quantitative estimate of drug-likeness (QED) is 0.0372. The summed E-state index contributed by atoms with van der Waals surface area (Å²) >= 11 is 2.99. The Labute approximate surface area is 718 Å². The molecule has 688 valence electrons. The summed E-state index contributed by atoms with van der Waals surface area (Å²) in [7, 11) is 0. The number of amides is 14. The number of nitrogens with one attached hydrogen (secondary N) is 13. The van der Waals surface area contributed by atoms with Crippen molar-refractivity contribution in [2.75, 3.05) is 63.3 Å². The SMILES string of the molecule is CSCC[C@H](NC(=O)[C@H](CCCCN)NC(=O)[C@H](CCCCN)NC(=O)[C@H](CC(C)C)NC(=O)[C@H](CC(C)C)NC(=O)[C@H](CCCCN)NC(=O)[C@H](CCCCN)NC(=O)[C@H](CC(C)C)NC(=O)[C@H](CC(C)C)NC(=O)[C@H](CCCCN)NC(=O)[C@H](CCCCN)NC(=O)[C@H](CC(C)C)NC(=O)[C@H](CC(C)C)NC(=O)[C@@H](N)CCSC)C(N)=O. The number of primary amides is 1. The molecule has 0 radical (unpaired) electrons. The number of hydrogen-bond acceptors (Lipinski definition) is 23. The molecule has 0 unspecified atom stereocenters. The van der Waals surface area contributed by atoms with Crippen molar-refractivity contribution < 1.29 is 67.1 Å². The highest BCUT2D eigenvalue weighted by atomic mass is 32.2. The summed E-state index contributed by atoms with van der Waals surface area (Å²) in [6.45, 7) is 23.8. The molecule has 35 nitrogen and oxygen atoms in total. The molecular weight excluding hydrogens is 1570 g/mol. The van der Waals surface area contributed by atoms with E-state index in [0.717, 1.165) is 0 Å². The summed E-state index contributed by atoms with van der Waals surface area (Å²) in [6.07, 6.45) is 10.7. The Morgan fingerprint density at radius 2 is 0.370 bits per heavy atom. The van der Waals surface area contributed by atoms with Crippen molar-refractivity contribution in [3.63, 3.8) is 0 Å². The topological polar surface area (TPSA) is 604 Å². The standard InChI is InChI=1S/C82H159N21O14S2/c1-49(2)43-63(98-70(105)55(89)33-41-118-13)80(115)101-64(44-50(3)4)77(112)96-59(29-17-23-37-85)73(108)93-61(31-19-25-39-87)75(110)100-68(48-54(11)12)82(117)103-66(46-52(7)8)79(114)97-60(30-18-24-38-86)74(109)94-62(32-20-26-40-88)76(111)99-67(47-53(9)10)81(116)102-65(45-51(5)6)78(113)95-58(28-16-22-36-84)72(107)92-57(27-15-21-35-83)71(106)91-56(69(90)104)34-42-119-14/h49-68H,15-48,83-89H2,1-14H3,(H2,90,104)(H,91,106)(H,92,107)(H,93,108)(H,94,109)(H,95,113)(H,96,112)(H,97,114)(H,98,105)(H,99,111)(H,100,110)(H,101,115)(H,102,116)(H,103,117)/t55-,56-,57-,58-,59-,60-,61-,62-,63-,64-,65-,66-,67-,68-/m0/s1. The van der Waals surface area contributed by atoms with Gasteiger partial charge >= 0.3 is 0 Å². The second-order valence-electron chi connectivity index (χ2n) is 33.9. The molecule has 119 heavy (non-hydrogen) atoms. The number of unbranched alkanes of at least 4 members (excludes halogenated alkanes) is 6. The lowest BCUT2D eigenvalue weighted by Gasteiger charge is -2.30. The third-order valence-corrected chi connectivity index (χ3v) is 21.0. The molecule has 0 bridgehead atoms. The minimum atomic E-state index is -1.31. The summed E-state index contributed by atoms with van der Waals surface area (Å²) in [4.78, 5) is 200. The van der Waals surface area contributed by atoms with E-state index < -0.39 is 167 Å². The van der Waals surface area contributed by atoms with E-state index in [1.807, 2.05) is 95.6 Å². The number of carbonyl (C=O) groups is 14. The first kappa shape index (κ1) is 112. The third kappa shape index (κ3) is 49.6. The fraction of sp³-hybridized carbons (Fsp3) is 0.829. The maximum atomic E-state index is 14.9. The lowest BCUT2D eigenvalue weighted by atomic mass is 9.98. The predicted molar refractivity (Wildman–Crippen MR) is 472 cm³/mol. The van der Waals surface area contributed by atoms with Crippen LogP contribution in [-0.2, 0) is 67.1 Å². The summed E-state index contributed by atoms with van der Waals surface area (Å²) < 4.78 is 0. The highest BCUT2D eigenvalue weighted by molar-refractivity contribution is 7.98. The molecule has 0 aliphatic carbocycles. The Morgan fingerprint density at radius 1 is 0.218 bits per heavy atom. The minimum Gasteiger partial charge on any atom is -0.368 e. The summed E-state index contributed by atoms with van der Waals surface area (Å²) in [6, 6.07) is -16.6.